The summed E-state index contributed by atoms with van der Waals surface area (Å²) in [6.07, 6.45) is 1.18. The maximum atomic E-state index is 5.88. The second-order valence-corrected chi connectivity index (χ2v) is 6.35. The second kappa shape index (κ2) is 5.26. The lowest BCUT2D eigenvalue weighted by atomic mass is 9.96. The van der Waals surface area contributed by atoms with Gasteiger partial charge < -0.3 is 15.5 Å². The summed E-state index contributed by atoms with van der Waals surface area (Å²) in [6.45, 7) is 4.10. The van der Waals surface area contributed by atoms with E-state index in [1.807, 2.05) is 0 Å². The number of anilines is 2. The maximum Gasteiger partial charge on any atom is 0.0650 e. The van der Waals surface area contributed by atoms with Gasteiger partial charge >= 0.3 is 0 Å². The largest absolute Gasteiger partial charge is 0.371 e. The van der Waals surface area contributed by atoms with Crippen LogP contribution in [0.3, 0.4) is 0 Å². The molecule has 2 unspecified atom stereocenters. The molecule has 4 heteroatoms. The summed E-state index contributed by atoms with van der Waals surface area (Å²) in [6, 6.07) is 7.25. The molecule has 0 amide bonds. The monoisotopic (exact) mass is 274 g/mol. The number of rotatable bonds is 2. The van der Waals surface area contributed by atoms with Crippen LogP contribution >= 0.6 is 0 Å². The van der Waals surface area contributed by atoms with Gasteiger partial charge in [0.1, 0.15) is 0 Å². The fourth-order valence-electron chi connectivity index (χ4n) is 3.71. The number of fused-ring (bicyclic) bond motifs is 1. The molecule has 2 aliphatic heterocycles. The van der Waals surface area contributed by atoms with Gasteiger partial charge in [-0.15, -0.1) is 0 Å². The van der Waals surface area contributed by atoms with Crippen LogP contribution in [0.4, 0.5) is 11.4 Å². The fraction of sp³-hybridized carbons (Fsp3) is 0.625. The molecule has 0 bridgehead atoms. The standard InChI is InChI=1S/C16H26N4/c1-18-7-8-19(2)16-13(5-4-6-14(16)18)15-9-12(10-17)11-20(15)3/h4-6,12,15H,7-11,17H2,1-3H3. The number of benzene rings is 1. The van der Waals surface area contributed by atoms with Gasteiger partial charge in [0, 0.05) is 39.8 Å². The van der Waals surface area contributed by atoms with Gasteiger partial charge in [-0.05, 0) is 37.6 Å². The molecule has 0 spiro atoms. The molecule has 2 atom stereocenters. The zero-order valence-electron chi connectivity index (χ0n) is 12.8. The first kappa shape index (κ1) is 13.7. The topological polar surface area (TPSA) is 35.7 Å². The minimum absolute atomic E-state index is 0.507. The highest BCUT2D eigenvalue weighted by molar-refractivity contribution is 5.77. The quantitative estimate of drug-likeness (QED) is 0.887. The van der Waals surface area contributed by atoms with Crippen molar-refractivity contribution in [3.63, 3.8) is 0 Å². The van der Waals surface area contributed by atoms with E-state index in [0.29, 0.717) is 12.0 Å². The van der Waals surface area contributed by atoms with Gasteiger partial charge in [-0.3, -0.25) is 4.90 Å². The van der Waals surface area contributed by atoms with Crippen LogP contribution in [-0.2, 0) is 0 Å². The predicted octanol–water partition coefficient (Wildman–Crippen LogP) is 1.52. The van der Waals surface area contributed by atoms with Gasteiger partial charge in [-0.1, -0.05) is 12.1 Å². The average molecular weight is 274 g/mol. The van der Waals surface area contributed by atoms with E-state index in [2.05, 4.69) is 54.0 Å². The van der Waals surface area contributed by atoms with E-state index in [0.717, 1.165) is 26.2 Å². The summed E-state index contributed by atoms with van der Waals surface area (Å²) >= 11 is 0. The van der Waals surface area contributed by atoms with Crippen molar-refractivity contribution in [2.75, 3.05) is 57.1 Å². The van der Waals surface area contributed by atoms with Crippen LogP contribution in [0.25, 0.3) is 0 Å². The van der Waals surface area contributed by atoms with Gasteiger partial charge in [0.15, 0.2) is 0 Å². The van der Waals surface area contributed by atoms with E-state index in [9.17, 15) is 0 Å². The van der Waals surface area contributed by atoms with Crippen molar-refractivity contribution in [1.29, 1.82) is 0 Å². The molecule has 3 rings (SSSR count). The van der Waals surface area contributed by atoms with Gasteiger partial charge in [0.2, 0.25) is 0 Å². The Morgan fingerprint density at radius 2 is 1.90 bits per heavy atom. The van der Waals surface area contributed by atoms with Gasteiger partial charge in [0.25, 0.3) is 0 Å². The third-order valence-electron chi connectivity index (χ3n) is 4.94. The van der Waals surface area contributed by atoms with Crippen LogP contribution in [0.2, 0.25) is 0 Å². The zero-order chi connectivity index (χ0) is 14.3. The molecule has 20 heavy (non-hydrogen) atoms. The molecule has 4 nitrogen and oxygen atoms in total. The van der Waals surface area contributed by atoms with Crippen molar-refractivity contribution in [1.82, 2.24) is 4.90 Å². The van der Waals surface area contributed by atoms with E-state index in [-0.39, 0.29) is 0 Å². The summed E-state index contributed by atoms with van der Waals surface area (Å²) < 4.78 is 0. The average Bonchev–Trinajstić information content (AvgIpc) is 2.83. The van der Waals surface area contributed by atoms with Crippen molar-refractivity contribution in [3.05, 3.63) is 23.8 Å². The van der Waals surface area contributed by atoms with Crippen LogP contribution in [-0.4, -0.2) is 52.2 Å². The van der Waals surface area contributed by atoms with Gasteiger partial charge in [0.05, 0.1) is 11.4 Å². The third-order valence-corrected chi connectivity index (χ3v) is 4.94. The van der Waals surface area contributed by atoms with Crippen molar-refractivity contribution < 1.29 is 0 Å². The Kier molecular flexibility index (Phi) is 3.61. The molecule has 1 fully saturated rings. The summed E-state index contributed by atoms with van der Waals surface area (Å²) in [7, 11) is 6.63. The van der Waals surface area contributed by atoms with Crippen molar-refractivity contribution in [2.45, 2.75) is 12.5 Å². The highest BCUT2D eigenvalue weighted by Crippen LogP contribution is 2.43. The highest BCUT2D eigenvalue weighted by atomic mass is 15.2. The molecule has 1 saturated heterocycles. The Morgan fingerprint density at radius 3 is 2.60 bits per heavy atom. The number of hydrogen-bond acceptors (Lipinski definition) is 4. The molecule has 110 valence electrons. The second-order valence-electron chi connectivity index (χ2n) is 6.35. The van der Waals surface area contributed by atoms with Gasteiger partial charge in [-0.2, -0.15) is 0 Å². The molecular formula is C16H26N4. The Hall–Kier alpha value is -1.26. The van der Waals surface area contributed by atoms with Crippen LogP contribution in [0.1, 0.15) is 18.0 Å². The Bertz CT molecular complexity index is 487. The van der Waals surface area contributed by atoms with Gasteiger partial charge in [-0.25, -0.2) is 0 Å². The Morgan fingerprint density at radius 1 is 1.15 bits per heavy atom. The normalized spacial score (nSPS) is 27.0. The number of para-hydroxylation sites is 1. The van der Waals surface area contributed by atoms with E-state index < -0.39 is 0 Å². The number of likely N-dealkylation sites (N-methyl/N-ethyl adjacent to an activating group) is 2. The van der Waals surface area contributed by atoms with E-state index >= 15 is 0 Å². The van der Waals surface area contributed by atoms with E-state index in [1.54, 1.807) is 0 Å². The lowest BCUT2D eigenvalue weighted by Crippen LogP contribution is -2.38. The summed E-state index contributed by atoms with van der Waals surface area (Å²) in [5.74, 6) is 0.632. The molecule has 0 radical (unpaired) electrons. The molecule has 0 aliphatic carbocycles. The first-order chi connectivity index (χ1) is 9.61. The Labute approximate surface area is 122 Å². The minimum atomic E-state index is 0.507. The predicted molar refractivity (Wildman–Crippen MR) is 85.5 cm³/mol. The number of nitrogens with two attached hydrogens (primary N) is 1. The van der Waals surface area contributed by atoms with Crippen molar-refractivity contribution in [2.24, 2.45) is 11.7 Å². The molecule has 0 saturated carbocycles. The number of likely N-dealkylation sites (tertiary alicyclic amines) is 1. The first-order valence-electron chi connectivity index (χ1n) is 7.57. The number of nitrogens with zero attached hydrogens (tertiary/aromatic N) is 3. The zero-order valence-corrected chi connectivity index (χ0v) is 12.8. The molecule has 2 aliphatic rings. The van der Waals surface area contributed by atoms with Crippen molar-refractivity contribution >= 4 is 11.4 Å². The van der Waals surface area contributed by atoms with E-state index in [1.165, 1.54) is 23.4 Å². The van der Waals surface area contributed by atoms with Crippen LogP contribution in [0.5, 0.6) is 0 Å². The van der Waals surface area contributed by atoms with Crippen LogP contribution in [0, 0.1) is 5.92 Å². The molecule has 1 aromatic rings. The van der Waals surface area contributed by atoms with E-state index in [4.69, 9.17) is 5.73 Å². The minimum Gasteiger partial charge on any atom is -0.371 e. The van der Waals surface area contributed by atoms with Crippen LogP contribution < -0.4 is 15.5 Å². The number of hydrogen-bond donors (Lipinski definition) is 1. The molecule has 0 aromatic heterocycles. The first-order valence-corrected chi connectivity index (χ1v) is 7.57. The molecule has 2 heterocycles. The maximum absolute atomic E-state index is 5.88. The fourth-order valence-corrected chi connectivity index (χ4v) is 3.71. The highest BCUT2D eigenvalue weighted by Gasteiger charge is 2.33. The molecule has 2 N–H and O–H groups in total. The molecule has 1 aromatic carbocycles. The van der Waals surface area contributed by atoms with Crippen LogP contribution in [0.15, 0.2) is 18.2 Å². The van der Waals surface area contributed by atoms with Crippen molar-refractivity contribution in [3.8, 4) is 0 Å². The summed E-state index contributed by atoms with van der Waals surface area (Å²) in [5.41, 5.74) is 10.1. The summed E-state index contributed by atoms with van der Waals surface area (Å²) in [4.78, 5) is 7.25. The Balaban J connectivity index is 2.00. The SMILES string of the molecule is CN1CCN(C)c2c(C3CC(CN)CN3C)cccc21. The lowest BCUT2D eigenvalue weighted by Gasteiger charge is -2.38. The molecular weight excluding hydrogens is 248 g/mol. The third kappa shape index (κ3) is 2.17. The lowest BCUT2D eigenvalue weighted by molar-refractivity contribution is 0.314. The summed E-state index contributed by atoms with van der Waals surface area (Å²) in [5, 5.41) is 0. The smallest absolute Gasteiger partial charge is 0.0650 e.